The molecule has 2 aromatic heterocycles. The minimum atomic E-state index is 1.15. The first-order chi connectivity index (χ1) is 23.5. The quantitative estimate of drug-likeness (QED) is 0.186. The van der Waals surface area contributed by atoms with Crippen molar-refractivity contribution in [3.8, 4) is 33.6 Å². The molecule has 0 fully saturated rings. The van der Waals surface area contributed by atoms with Crippen LogP contribution in [0.4, 0.5) is 0 Å². The van der Waals surface area contributed by atoms with Crippen molar-refractivity contribution in [2.24, 2.45) is 0 Å². The minimum absolute atomic E-state index is 1.15. The fraction of sp³-hybridized carbons (Fsp3) is 0.0870. The van der Waals surface area contributed by atoms with E-state index in [0.29, 0.717) is 0 Å². The van der Waals surface area contributed by atoms with Crippen LogP contribution in [0.1, 0.15) is 22.3 Å². The molecule has 0 spiro atoms. The van der Waals surface area contributed by atoms with Gasteiger partial charge in [-0.05, 0) is 127 Å². The lowest BCUT2D eigenvalue weighted by Gasteiger charge is -2.13. The van der Waals surface area contributed by atoms with E-state index in [1.165, 1.54) is 88.1 Å². The number of benzene rings is 7. The van der Waals surface area contributed by atoms with Crippen molar-refractivity contribution < 1.29 is 0 Å². The van der Waals surface area contributed by atoms with Gasteiger partial charge in [0.15, 0.2) is 0 Å². The minimum Gasteiger partial charge on any atom is -0.309 e. The maximum atomic E-state index is 2.44. The summed E-state index contributed by atoms with van der Waals surface area (Å²) >= 11 is 0. The molecule has 0 radical (unpaired) electrons. The van der Waals surface area contributed by atoms with Gasteiger partial charge in [-0.3, -0.25) is 0 Å². The SMILES string of the molecule is Cc1ccccc1-c1ccc2c(c1)c1c(C)cccc1n2-c1cccc(-n2c3ccc(-c4ccccc4C)cc3c3c(C)cccc32)c1. The van der Waals surface area contributed by atoms with Crippen LogP contribution >= 0.6 is 0 Å². The fourth-order valence-corrected chi connectivity index (χ4v) is 7.96. The predicted octanol–water partition coefficient (Wildman–Crippen LogP) is 12.4. The van der Waals surface area contributed by atoms with Crippen LogP contribution in [0.25, 0.3) is 77.2 Å². The Morgan fingerprint density at radius 1 is 0.333 bits per heavy atom. The highest BCUT2D eigenvalue weighted by Crippen LogP contribution is 2.40. The maximum absolute atomic E-state index is 2.44. The number of hydrogen-bond donors (Lipinski definition) is 0. The standard InChI is InChI=1S/C46H36N2/c1-29-12-5-7-18-37(29)33-22-24-41-39(26-33)45-31(3)14-9-20-43(45)47(41)35-16-11-17-36(28-35)48-42-25-23-34(38-19-8-6-13-30(38)2)27-40(42)46-32(4)15-10-21-44(46)48/h5-28H,1-4H3. The molecule has 0 N–H and O–H groups in total. The van der Waals surface area contributed by atoms with Gasteiger partial charge in [0, 0.05) is 32.9 Å². The van der Waals surface area contributed by atoms with Crippen LogP contribution in [-0.2, 0) is 0 Å². The molecule has 230 valence electrons. The van der Waals surface area contributed by atoms with Crippen LogP contribution in [0, 0.1) is 27.7 Å². The van der Waals surface area contributed by atoms with E-state index in [2.05, 4.69) is 182 Å². The molecule has 2 nitrogen and oxygen atoms in total. The molecule has 0 bridgehead atoms. The van der Waals surface area contributed by atoms with Crippen molar-refractivity contribution in [2.45, 2.75) is 27.7 Å². The Bertz CT molecular complexity index is 2530. The van der Waals surface area contributed by atoms with E-state index >= 15 is 0 Å². The van der Waals surface area contributed by atoms with E-state index in [4.69, 9.17) is 0 Å². The molecule has 0 aliphatic rings. The highest BCUT2D eigenvalue weighted by atomic mass is 15.0. The number of fused-ring (bicyclic) bond motifs is 6. The first-order valence-electron chi connectivity index (χ1n) is 16.8. The first kappa shape index (κ1) is 28.4. The molecule has 0 unspecified atom stereocenters. The second-order valence-corrected chi connectivity index (χ2v) is 13.2. The van der Waals surface area contributed by atoms with Gasteiger partial charge in [0.2, 0.25) is 0 Å². The topological polar surface area (TPSA) is 9.86 Å². The van der Waals surface area contributed by atoms with Gasteiger partial charge in [0.05, 0.1) is 22.1 Å². The molecule has 0 saturated heterocycles. The molecule has 2 heteroatoms. The zero-order chi connectivity index (χ0) is 32.5. The summed E-state index contributed by atoms with van der Waals surface area (Å²) < 4.78 is 4.89. The first-order valence-corrected chi connectivity index (χ1v) is 16.8. The van der Waals surface area contributed by atoms with Crippen molar-refractivity contribution >= 4 is 43.6 Å². The number of hydrogen-bond acceptors (Lipinski definition) is 0. The summed E-state index contributed by atoms with van der Waals surface area (Å²) in [4.78, 5) is 0. The predicted molar refractivity (Wildman–Crippen MR) is 205 cm³/mol. The average Bonchev–Trinajstić information content (AvgIpc) is 3.62. The van der Waals surface area contributed by atoms with Crippen molar-refractivity contribution in [1.82, 2.24) is 9.13 Å². The third kappa shape index (κ3) is 4.26. The summed E-state index contributed by atoms with van der Waals surface area (Å²) in [5.41, 5.74) is 17.4. The molecule has 0 aliphatic heterocycles. The third-order valence-corrected chi connectivity index (χ3v) is 10.3. The zero-order valence-corrected chi connectivity index (χ0v) is 27.8. The van der Waals surface area contributed by atoms with Crippen LogP contribution in [0.3, 0.4) is 0 Å². The van der Waals surface area contributed by atoms with Gasteiger partial charge in [-0.15, -0.1) is 0 Å². The van der Waals surface area contributed by atoms with Crippen LogP contribution in [0.5, 0.6) is 0 Å². The van der Waals surface area contributed by atoms with E-state index in [9.17, 15) is 0 Å². The van der Waals surface area contributed by atoms with Gasteiger partial charge in [0.25, 0.3) is 0 Å². The summed E-state index contributed by atoms with van der Waals surface area (Å²) in [7, 11) is 0. The molecule has 0 amide bonds. The fourth-order valence-electron chi connectivity index (χ4n) is 7.96. The van der Waals surface area contributed by atoms with Crippen LogP contribution in [0.15, 0.2) is 146 Å². The number of nitrogens with zero attached hydrogens (tertiary/aromatic N) is 2. The zero-order valence-electron chi connectivity index (χ0n) is 27.8. The number of aromatic nitrogens is 2. The monoisotopic (exact) mass is 616 g/mol. The molecule has 0 aliphatic carbocycles. The van der Waals surface area contributed by atoms with Crippen molar-refractivity contribution in [2.75, 3.05) is 0 Å². The Kier molecular flexibility index (Phi) is 6.42. The summed E-state index contributed by atoms with van der Waals surface area (Å²) in [6.07, 6.45) is 0. The highest BCUT2D eigenvalue weighted by Gasteiger charge is 2.18. The highest BCUT2D eigenvalue weighted by molar-refractivity contribution is 6.13. The summed E-state index contributed by atoms with van der Waals surface area (Å²) in [6, 6.07) is 53.7. The Hall–Kier alpha value is -5.86. The Balaban J connectivity index is 1.28. The van der Waals surface area contributed by atoms with Crippen molar-refractivity contribution in [3.63, 3.8) is 0 Å². The summed E-state index contributed by atoms with van der Waals surface area (Å²) in [5, 5.41) is 5.19. The lowest BCUT2D eigenvalue weighted by molar-refractivity contribution is 1.13. The largest absolute Gasteiger partial charge is 0.309 e. The molecule has 9 rings (SSSR count). The normalized spacial score (nSPS) is 11.8. The summed E-state index contributed by atoms with van der Waals surface area (Å²) in [6.45, 7) is 8.85. The smallest absolute Gasteiger partial charge is 0.0543 e. The second-order valence-electron chi connectivity index (χ2n) is 13.2. The van der Waals surface area contributed by atoms with E-state index in [1.54, 1.807) is 0 Å². The van der Waals surface area contributed by atoms with Crippen LogP contribution < -0.4 is 0 Å². The van der Waals surface area contributed by atoms with Gasteiger partial charge in [-0.2, -0.15) is 0 Å². The van der Waals surface area contributed by atoms with Gasteiger partial charge < -0.3 is 9.13 Å². The maximum Gasteiger partial charge on any atom is 0.0543 e. The van der Waals surface area contributed by atoms with Gasteiger partial charge in [-0.25, -0.2) is 0 Å². The Morgan fingerprint density at radius 3 is 1.21 bits per heavy atom. The third-order valence-electron chi connectivity index (χ3n) is 10.3. The molecule has 0 atom stereocenters. The second kappa shape index (κ2) is 10.9. The Morgan fingerprint density at radius 2 is 0.750 bits per heavy atom. The van der Waals surface area contributed by atoms with Gasteiger partial charge in [0.1, 0.15) is 0 Å². The van der Waals surface area contributed by atoms with Gasteiger partial charge in [-0.1, -0.05) is 91.0 Å². The van der Waals surface area contributed by atoms with Crippen LogP contribution in [0.2, 0.25) is 0 Å². The summed E-state index contributed by atoms with van der Waals surface area (Å²) in [5.74, 6) is 0. The molecular formula is C46H36N2. The average molecular weight is 617 g/mol. The molecule has 2 heterocycles. The van der Waals surface area contributed by atoms with E-state index in [0.717, 1.165) is 11.4 Å². The lowest BCUT2D eigenvalue weighted by Crippen LogP contribution is -1.98. The number of rotatable bonds is 4. The van der Waals surface area contributed by atoms with Crippen molar-refractivity contribution in [1.29, 1.82) is 0 Å². The van der Waals surface area contributed by atoms with E-state index in [1.807, 2.05) is 0 Å². The Labute approximate surface area is 281 Å². The molecular weight excluding hydrogens is 581 g/mol. The molecule has 48 heavy (non-hydrogen) atoms. The number of aryl methyl sites for hydroxylation is 4. The van der Waals surface area contributed by atoms with E-state index < -0.39 is 0 Å². The van der Waals surface area contributed by atoms with Crippen LogP contribution in [-0.4, -0.2) is 9.13 Å². The van der Waals surface area contributed by atoms with E-state index in [-0.39, 0.29) is 0 Å². The molecule has 0 saturated carbocycles. The van der Waals surface area contributed by atoms with Crippen molar-refractivity contribution in [3.05, 3.63) is 168 Å². The molecule has 7 aromatic carbocycles. The van der Waals surface area contributed by atoms with Gasteiger partial charge >= 0.3 is 0 Å². The lowest BCUT2D eigenvalue weighted by atomic mass is 9.98. The molecule has 9 aromatic rings.